The van der Waals surface area contributed by atoms with Crippen LogP contribution < -0.4 is 0 Å². The normalized spacial score (nSPS) is 22.0. The zero-order valence-corrected chi connectivity index (χ0v) is 19.5. The van der Waals surface area contributed by atoms with Gasteiger partial charge in [0.05, 0.1) is 40.9 Å². The summed E-state index contributed by atoms with van der Waals surface area (Å²) in [5, 5.41) is 24.8. The molecule has 182 valence electrons. The highest BCUT2D eigenvalue weighted by Gasteiger charge is 2.36. The molecule has 12 heteroatoms. The molecule has 1 fully saturated rings. The highest BCUT2D eigenvalue weighted by molar-refractivity contribution is 8.18. The standard InChI is InChI=1S/C23H18ClF3N4O3S/c24-15-3-2-13(16(7-15)23(25,26)27)9-31-17-4-1-12(5-14(17)8-28-31)6-20-21(34)29-22(35-20)30-10-18(32)19(33)11-30/h1-8,18-19,32-33H,9-11H2/b20-6-. The molecule has 2 aliphatic heterocycles. The van der Waals surface area contributed by atoms with Gasteiger partial charge in [-0.05, 0) is 53.2 Å². The molecule has 7 nitrogen and oxygen atoms in total. The molecule has 2 atom stereocenters. The van der Waals surface area contributed by atoms with Crippen molar-refractivity contribution in [3.05, 3.63) is 69.2 Å². The predicted octanol–water partition coefficient (Wildman–Crippen LogP) is 3.76. The maximum absolute atomic E-state index is 13.5. The van der Waals surface area contributed by atoms with E-state index in [4.69, 9.17) is 11.6 Å². The smallest absolute Gasteiger partial charge is 0.389 e. The summed E-state index contributed by atoms with van der Waals surface area (Å²) in [5.74, 6) is -0.418. The summed E-state index contributed by atoms with van der Waals surface area (Å²) in [4.78, 5) is 18.4. The molecule has 0 radical (unpaired) electrons. The summed E-state index contributed by atoms with van der Waals surface area (Å²) in [6, 6.07) is 8.93. The Morgan fingerprint density at radius 3 is 2.60 bits per heavy atom. The molecule has 1 aromatic heterocycles. The first-order valence-electron chi connectivity index (χ1n) is 10.5. The average Bonchev–Trinajstić information content (AvgIpc) is 3.46. The molecule has 2 N–H and O–H groups in total. The Hall–Kier alpha value is -2.86. The zero-order chi connectivity index (χ0) is 24.9. The van der Waals surface area contributed by atoms with E-state index in [2.05, 4.69) is 10.1 Å². The van der Waals surface area contributed by atoms with E-state index in [9.17, 15) is 28.2 Å². The van der Waals surface area contributed by atoms with E-state index in [1.807, 2.05) is 0 Å². The van der Waals surface area contributed by atoms with E-state index in [-0.39, 0.29) is 30.2 Å². The number of carbonyl (C=O) groups excluding carboxylic acids is 1. The van der Waals surface area contributed by atoms with Crippen LogP contribution in [0.15, 0.2) is 52.5 Å². The number of nitrogens with zero attached hydrogens (tertiary/aromatic N) is 4. The van der Waals surface area contributed by atoms with Crippen molar-refractivity contribution in [1.82, 2.24) is 14.7 Å². The lowest BCUT2D eigenvalue weighted by Gasteiger charge is -2.15. The van der Waals surface area contributed by atoms with Crippen LogP contribution in [0.4, 0.5) is 13.2 Å². The van der Waals surface area contributed by atoms with Gasteiger partial charge in [0.15, 0.2) is 5.17 Å². The first kappa shape index (κ1) is 23.9. The van der Waals surface area contributed by atoms with Gasteiger partial charge in [-0.3, -0.25) is 9.48 Å². The minimum atomic E-state index is -4.54. The van der Waals surface area contributed by atoms with E-state index in [0.29, 0.717) is 26.5 Å². The number of hydrogen-bond donors (Lipinski definition) is 2. The van der Waals surface area contributed by atoms with Crippen LogP contribution >= 0.6 is 23.4 Å². The van der Waals surface area contributed by atoms with Crippen LogP contribution in [-0.4, -0.2) is 61.3 Å². The lowest BCUT2D eigenvalue weighted by molar-refractivity contribution is -0.138. The summed E-state index contributed by atoms with van der Waals surface area (Å²) in [6.07, 6.45) is -3.09. The lowest BCUT2D eigenvalue weighted by atomic mass is 10.1. The number of rotatable bonds is 3. The second kappa shape index (κ2) is 8.98. The third-order valence-corrected chi connectivity index (χ3v) is 7.08. The fourth-order valence-electron chi connectivity index (χ4n) is 4.04. The van der Waals surface area contributed by atoms with Crippen LogP contribution in [0.2, 0.25) is 5.02 Å². The van der Waals surface area contributed by atoms with Gasteiger partial charge in [-0.2, -0.15) is 23.3 Å². The number of aliphatic hydroxyl groups is 2. The molecule has 2 unspecified atom stereocenters. The number of amidine groups is 1. The maximum atomic E-state index is 13.5. The summed E-state index contributed by atoms with van der Waals surface area (Å²) < 4.78 is 41.8. The zero-order valence-electron chi connectivity index (χ0n) is 17.9. The summed E-state index contributed by atoms with van der Waals surface area (Å²) in [7, 11) is 0. The van der Waals surface area contributed by atoms with E-state index in [1.54, 1.807) is 35.4 Å². The third kappa shape index (κ3) is 4.81. The van der Waals surface area contributed by atoms with Crippen LogP contribution in [0, 0.1) is 0 Å². The van der Waals surface area contributed by atoms with Gasteiger partial charge >= 0.3 is 6.18 Å². The Kier molecular flexibility index (Phi) is 6.12. The number of hydrogen-bond acceptors (Lipinski definition) is 6. The number of likely N-dealkylation sites (tertiary alicyclic amines) is 1. The molecule has 3 aromatic rings. The van der Waals surface area contributed by atoms with E-state index >= 15 is 0 Å². The van der Waals surface area contributed by atoms with Crippen molar-refractivity contribution in [1.29, 1.82) is 0 Å². The molecule has 2 aromatic carbocycles. The molecule has 0 saturated carbocycles. The van der Waals surface area contributed by atoms with Crippen molar-refractivity contribution in [3.63, 3.8) is 0 Å². The summed E-state index contributed by atoms with van der Waals surface area (Å²) in [6.45, 7) is 0.305. The highest BCUT2D eigenvalue weighted by atomic mass is 35.5. The number of alkyl halides is 3. The minimum Gasteiger partial charge on any atom is -0.389 e. The summed E-state index contributed by atoms with van der Waals surface area (Å²) in [5.41, 5.74) is 0.583. The van der Waals surface area contributed by atoms with Crippen molar-refractivity contribution in [2.24, 2.45) is 4.99 Å². The number of aromatic nitrogens is 2. The number of fused-ring (bicyclic) bond motifs is 1. The molecule has 3 heterocycles. The Balaban J connectivity index is 1.37. The van der Waals surface area contributed by atoms with E-state index < -0.39 is 29.9 Å². The number of amides is 1. The molecule has 0 spiro atoms. The third-order valence-electron chi connectivity index (χ3n) is 5.80. The second-order valence-electron chi connectivity index (χ2n) is 8.27. The predicted molar refractivity (Wildman–Crippen MR) is 127 cm³/mol. The molecule has 5 rings (SSSR count). The Morgan fingerprint density at radius 1 is 1.14 bits per heavy atom. The minimum absolute atomic E-state index is 0.00707. The molecular weight excluding hydrogens is 505 g/mol. The van der Waals surface area contributed by atoms with Crippen molar-refractivity contribution < 1.29 is 28.2 Å². The van der Waals surface area contributed by atoms with Crippen molar-refractivity contribution in [3.8, 4) is 0 Å². The molecule has 0 bridgehead atoms. The first-order chi connectivity index (χ1) is 16.6. The monoisotopic (exact) mass is 522 g/mol. The number of thioether (sulfide) groups is 1. The highest BCUT2D eigenvalue weighted by Crippen LogP contribution is 2.35. The van der Waals surface area contributed by atoms with Gasteiger partial charge in [0, 0.05) is 23.5 Å². The number of aliphatic hydroxyl groups excluding tert-OH is 2. The average molecular weight is 523 g/mol. The number of aliphatic imine (C=N–C) groups is 1. The van der Waals surface area contributed by atoms with Crippen molar-refractivity contribution in [2.45, 2.75) is 24.9 Å². The van der Waals surface area contributed by atoms with Crippen LogP contribution in [0.1, 0.15) is 16.7 Å². The van der Waals surface area contributed by atoms with Crippen molar-refractivity contribution in [2.75, 3.05) is 13.1 Å². The van der Waals surface area contributed by atoms with Gasteiger partial charge < -0.3 is 15.1 Å². The first-order valence-corrected chi connectivity index (χ1v) is 11.7. The molecule has 0 aliphatic carbocycles. The summed E-state index contributed by atoms with van der Waals surface area (Å²) >= 11 is 6.93. The Morgan fingerprint density at radius 2 is 1.89 bits per heavy atom. The molecule has 1 amide bonds. The van der Waals surface area contributed by atoms with Crippen LogP contribution in [-0.2, 0) is 17.5 Å². The van der Waals surface area contributed by atoms with Gasteiger partial charge in [0.1, 0.15) is 0 Å². The molecule has 1 saturated heterocycles. The quantitative estimate of drug-likeness (QED) is 0.509. The topological polar surface area (TPSA) is 91.0 Å². The largest absolute Gasteiger partial charge is 0.416 e. The van der Waals surface area contributed by atoms with Crippen LogP contribution in [0.25, 0.3) is 17.0 Å². The van der Waals surface area contributed by atoms with Gasteiger partial charge in [0.25, 0.3) is 5.91 Å². The number of β-amino-alcohol motifs (C(OH)–C–C–N with tert-alkyl or cyclic N) is 2. The maximum Gasteiger partial charge on any atom is 0.416 e. The van der Waals surface area contributed by atoms with Crippen LogP contribution in [0.3, 0.4) is 0 Å². The number of halogens is 4. The van der Waals surface area contributed by atoms with Crippen LogP contribution in [0.5, 0.6) is 0 Å². The van der Waals surface area contributed by atoms with Gasteiger partial charge in [-0.15, -0.1) is 0 Å². The van der Waals surface area contributed by atoms with Gasteiger partial charge in [0.2, 0.25) is 0 Å². The number of carbonyl (C=O) groups is 1. The number of benzene rings is 2. The molecule has 35 heavy (non-hydrogen) atoms. The fourth-order valence-corrected chi connectivity index (χ4v) is 5.15. The molecular formula is C23H18ClF3N4O3S. The van der Waals surface area contributed by atoms with Gasteiger partial charge in [-0.25, -0.2) is 0 Å². The Labute approximate surface area is 206 Å². The lowest BCUT2D eigenvalue weighted by Crippen LogP contribution is -2.26. The second-order valence-corrected chi connectivity index (χ2v) is 9.72. The van der Waals surface area contributed by atoms with E-state index in [1.165, 1.54) is 16.8 Å². The SMILES string of the molecule is O=C1N=C(N2CC(O)C(O)C2)S/C1=C\c1ccc2c(cnn2Cc2ccc(Cl)cc2C(F)(F)F)c1. The van der Waals surface area contributed by atoms with Gasteiger partial charge in [-0.1, -0.05) is 23.7 Å². The van der Waals surface area contributed by atoms with E-state index in [0.717, 1.165) is 17.8 Å². The fraction of sp³-hybridized carbons (Fsp3) is 0.261. The Bertz CT molecular complexity index is 1380. The molecule has 2 aliphatic rings. The van der Waals surface area contributed by atoms with Crippen molar-refractivity contribution >= 4 is 51.4 Å².